The Morgan fingerprint density at radius 2 is 1.94 bits per heavy atom. The van der Waals surface area contributed by atoms with E-state index in [9.17, 15) is 4.79 Å². The van der Waals surface area contributed by atoms with E-state index >= 15 is 0 Å². The summed E-state index contributed by atoms with van der Waals surface area (Å²) in [6, 6.07) is 10.4. The number of nitrogens with zero attached hydrogens (tertiary/aromatic N) is 2. The molecule has 2 aromatic heterocycles. The minimum Gasteiger partial charge on any atom is -0.403 e. The van der Waals surface area contributed by atoms with Gasteiger partial charge in [-0.25, -0.2) is 14.8 Å². The first-order valence-corrected chi connectivity index (χ1v) is 5.64. The average molecular weight is 259 g/mol. The van der Waals surface area contributed by atoms with E-state index in [4.69, 9.17) is 16.0 Å². The fourth-order valence-corrected chi connectivity index (χ4v) is 1.76. The number of hydrogen-bond acceptors (Lipinski definition) is 4. The molecule has 0 atom stereocenters. The highest BCUT2D eigenvalue weighted by Gasteiger charge is 2.08. The number of aromatic nitrogens is 2. The molecule has 0 amide bonds. The standard InChI is InChI=1S/C13H7ClN2O2/c14-11-6-5-8(7-15-11)12-16-10-4-2-1-3-9(10)13(17)18-12/h1-7H. The molecule has 0 aliphatic carbocycles. The van der Waals surface area contributed by atoms with Crippen molar-refractivity contribution in [2.45, 2.75) is 0 Å². The predicted octanol–water partition coefficient (Wildman–Crippen LogP) is 2.90. The van der Waals surface area contributed by atoms with Gasteiger partial charge in [-0.3, -0.25) is 0 Å². The maximum atomic E-state index is 11.8. The lowest BCUT2D eigenvalue weighted by Crippen LogP contribution is -2.02. The second kappa shape index (κ2) is 4.23. The van der Waals surface area contributed by atoms with Crippen molar-refractivity contribution < 1.29 is 4.42 Å². The van der Waals surface area contributed by atoms with E-state index < -0.39 is 5.63 Å². The van der Waals surface area contributed by atoms with Crippen LogP contribution in [0.15, 0.2) is 51.8 Å². The van der Waals surface area contributed by atoms with Gasteiger partial charge in [0, 0.05) is 6.20 Å². The zero-order chi connectivity index (χ0) is 12.5. The van der Waals surface area contributed by atoms with Gasteiger partial charge in [-0.1, -0.05) is 23.7 Å². The van der Waals surface area contributed by atoms with Crippen LogP contribution in [0.4, 0.5) is 0 Å². The van der Waals surface area contributed by atoms with Crippen molar-refractivity contribution in [3.8, 4) is 11.5 Å². The van der Waals surface area contributed by atoms with Crippen LogP contribution in [-0.2, 0) is 0 Å². The van der Waals surface area contributed by atoms with Gasteiger partial charge in [-0.2, -0.15) is 0 Å². The van der Waals surface area contributed by atoms with E-state index in [2.05, 4.69) is 9.97 Å². The van der Waals surface area contributed by atoms with E-state index in [1.165, 1.54) is 6.20 Å². The number of halogens is 1. The Morgan fingerprint density at radius 3 is 2.72 bits per heavy atom. The van der Waals surface area contributed by atoms with Gasteiger partial charge in [0.15, 0.2) is 0 Å². The molecule has 2 heterocycles. The van der Waals surface area contributed by atoms with Crippen molar-refractivity contribution in [1.82, 2.24) is 9.97 Å². The van der Waals surface area contributed by atoms with Gasteiger partial charge >= 0.3 is 5.63 Å². The molecule has 3 rings (SSSR count). The third-order valence-corrected chi connectivity index (χ3v) is 2.73. The van der Waals surface area contributed by atoms with Gasteiger partial charge in [0.25, 0.3) is 0 Å². The smallest absolute Gasteiger partial charge is 0.347 e. The molecule has 0 aliphatic heterocycles. The monoisotopic (exact) mass is 258 g/mol. The van der Waals surface area contributed by atoms with Crippen molar-refractivity contribution >= 4 is 22.5 Å². The maximum Gasteiger partial charge on any atom is 0.347 e. The van der Waals surface area contributed by atoms with Crippen molar-refractivity contribution in [2.24, 2.45) is 0 Å². The topological polar surface area (TPSA) is 56.0 Å². The molecule has 0 saturated carbocycles. The molecule has 4 nitrogen and oxygen atoms in total. The summed E-state index contributed by atoms with van der Waals surface area (Å²) in [5, 5.41) is 0.838. The molecule has 0 aliphatic rings. The summed E-state index contributed by atoms with van der Waals surface area (Å²) >= 11 is 5.70. The fraction of sp³-hybridized carbons (Fsp3) is 0. The Morgan fingerprint density at radius 1 is 1.11 bits per heavy atom. The van der Waals surface area contributed by atoms with E-state index in [1.807, 2.05) is 6.07 Å². The van der Waals surface area contributed by atoms with Gasteiger partial charge in [0.1, 0.15) is 5.15 Å². The summed E-state index contributed by atoms with van der Waals surface area (Å²) in [7, 11) is 0. The normalized spacial score (nSPS) is 10.7. The summed E-state index contributed by atoms with van der Waals surface area (Å²) in [5.74, 6) is 0.239. The minimum atomic E-state index is -0.412. The Balaban J connectivity index is 2.24. The summed E-state index contributed by atoms with van der Waals surface area (Å²) in [6.45, 7) is 0. The van der Waals surface area contributed by atoms with Crippen LogP contribution < -0.4 is 5.63 Å². The van der Waals surface area contributed by atoms with Crippen LogP contribution in [0.1, 0.15) is 0 Å². The summed E-state index contributed by atoms with van der Waals surface area (Å²) < 4.78 is 5.17. The van der Waals surface area contributed by atoms with Crippen molar-refractivity contribution in [2.75, 3.05) is 0 Å². The number of rotatable bonds is 1. The number of hydrogen-bond donors (Lipinski definition) is 0. The van der Waals surface area contributed by atoms with Gasteiger partial charge in [-0.05, 0) is 24.3 Å². The number of benzene rings is 1. The third kappa shape index (κ3) is 1.87. The fourth-order valence-electron chi connectivity index (χ4n) is 1.64. The molecule has 0 N–H and O–H groups in total. The lowest BCUT2D eigenvalue weighted by atomic mass is 10.2. The highest BCUT2D eigenvalue weighted by Crippen LogP contribution is 2.18. The Kier molecular flexibility index (Phi) is 2.57. The summed E-state index contributed by atoms with van der Waals surface area (Å²) in [6.07, 6.45) is 1.52. The second-order valence-electron chi connectivity index (χ2n) is 3.69. The van der Waals surface area contributed by atoms with Crippen LogP contribution in [0.2, 0.25) is 5.15 Å². The Labute approximate surface area is 107 Å². The highest BCUT2D eigenvalue weighted by atomic mass is 35.5. The molecular formula is C13H7ClN2O2. The van der Waals surface area contributed by atoms with Crippen molar-refractivity contribution in [1.29, 1.82) is 0 Å². The molecule has 18 heavy (non-hydrogen) atoms. The molecule has 0 radical (unpaired) electrons. The molecule has 0 saturated heterocycles. The van der Waals surface area contributed by atoms with Gasteiger partial charge < -0.3 is 4.42 Å². The van der Waals surface area contributed by atoms with Gasteiger partial charge in [-0.15, -0.1) is 0 Å². The van der Waals surface area contributed by atoms with E-state index in [0.29, 0.717) is 21.6 Å². The first-order chi connectivity index (χ1) is 8.74. The van der Waals surface area contributed by atoms with Crippen LogP contribution in [0, 0.1) is 0 Å². The molecule has 1 aromatic carbocycles. The molecule has 0 unspecified atom stereocenters. The van der Waals surface area contributed by atoms with Crippen molar-refractivity contribution in [3.63, 3.8) is 0 Å². The van der Waals surface area contributed by atoms with Crippen LogP contribution in [0.3, 0.4) is 0 Å². The molecule has 3 aromatic rings. The van der Waals surface area contributed by atoms with Crippen molar-refractivity contribution in [3.05, 3.63) is 58.2 Å². The van der Waals surface area contributed by atoms with Crippen LogP contribution in [-0.4, -0.2) is 9.97 Å². The summed E-state index contributed by atoms with van der Waals surface area (Å²) in [5.41, 5.74) is 0.798. The quantitative estimate of drug-likeness (QED) is 0.630. The molecule has 0 fully saturated rings. The zero-order valence-electron chi connectivity index (χ0n) is 9.13. The SMILES string of the molecule is O=c1oc(-c2ccc(Cl)nc2)nc2ccccc12. The lowest BCUT2D eigenvalue weighted by molar-refractivity contribution is 0.518. The van der Waals surface area contributed by atoms with Gasteiger partial charge in [0.2, 0.25) is 5.89 Å². The highest BCUT2D eigenvalue weighted by molar-refractivity contribution is 6.29. The number of pyridine rings is 1. The average Bonchev–Trinajstić information content (AvgIpc) is 2.39. The van der Waals surface area contributed by atoms with Crippen LogP contribution in [0.5, 0.6) is 0 Å². The number of fused-ring (bicyclic) bond motifs is 1. The van der Waals surface area contributed by atoms with Crippen LogP contribution in [0.25, 0.3) is 22.4 Å². The molecule has 5 heteroatoms. The van der Waals surface area contributed by atoms with Gasteiger partial charge in [0.05, 0.1) is 16.5 Å². The lowest BCUT2D eigenvalue weighted by Gasteiger charge is -2.00. The molecule has 0 bridgehead atoms. The Hall–Kier alpha value is -2.20. The third-order valence-electron chi connectivity index (χ3n) is 2.51. The van der Waals surface area contributed by atoms with E-state index in [0.717, 1.165) is 0 Å². The van der Waals surface area contributed by atoms with Crippen LogP contribution >= 0.6 is 11.6 Å². The molecular weight excluding hydrogens is 252 g/mol. The largest absolute Gasteiger partial charge is 0.403 e. The first-order valence-electron chi connectivity index (χ1n) is 5.26. The first kappa shape index (κ1) is 10.9. The molecule has 0 spiro atoms. The van der Waals surface area contributed by atoms with E-state index in [1.54, 1.807) is 30.3 Å². The minimum absolute atomic E-state index is 0.239. The number of para-hydroxylation sites is 1. The summed E-state index contributed by atoms with van der Waals surface area (Å²) in [4.78, 5) is 20.0. The second-order valence-corrected chi connectivity index (χ2v) is 4.08. The molecule has 88 valence electrons. The Bertz CT molecular complexity index is 766. The van der Waals surface area contributed by atoms with E-state index in [-0.39, 0.29) is 5.89 Å². The zero-order valence-corrected chi connectivity index (χ0v) is 9.89. The predicted molar refractivity (Wildman–Crippen MR) is 68.5 cm³/mol. The maximum absolute atomic E-state index is 11.8.